The molecule has 0 aromatic heterocycles. The highest BCUT2D eigenvalue weighted by Crippen LogP contribution is 2.03. The first-order valence-electron chi connectivity index (χ1n) is 2.51. The molecule has 0 spiro atoms. The number of aliphatic imine (C=N–C) groups is 2. The quantitative estimate of drug-likeness (QED) is 0.499. The van der Waals surface area contributed by atoms with E-state index < -0.39 is 0 Å². The van der Waals surface area contributed by atoms with E-state index >= 15 is 0 Å². The topological polar surface area (TPSA) is 41.8 Å². The standard InChI is InChI=1S/C5H6N2OS/c1-9-5-6-3-2-4(8)7-5/h3H,2H2,1H3. The van der Waals surface area contributed by atoms with Crippen molar-refractivity contribution in [2.24, 2.45) is 9.98 Å². The molecule has 1 rings (SSSR count). The van der Waals surface area contributed by atoms with Crippen molar-refractivity contribution in [3.8, 4) is 0 Å². The van der Waals surface area contributed by atoms with Gasteiger partial charge in [0, 0.05) is 6.21 Å². The summed E-state index contributed by atoms with van der Waals surface area (Å²) in [5.41, 5.74) is 0. The Bertz CT molecular complexity index is 185. The summed E-state index contributed by atoms with van der Waals surface area (Å²) < 4.78 is 0. The lowest BCUT2D eigenvalue weighted by Crippen LogP contribution is -2.04. The van der Waals surface area contributed by atoms with Gasteiger partial charge in [0.2, 0.25) is 0 Å². The molecule has 0 saturated heterocycles. The van der Waals surface area contributed by atoms with Gasteiger partial charge in [0.1, 0.15) is 0 Å². The molecule has 0 bridgehead atoms. The van der Waals surface area contributed by atoms with Crippen molar-refractivity contribution in [3.63, 3.8) is 0 Å². The van der Waals surface area contributed by atoms with Gasteiger partial charge in [0.25, 0.3) is 5.91 Å². The molecule has 0 fully saturated rings. The number of nitrogens with zero attached hydrogens (tertiary/aromatic N) is 2. The maximum absolute atomic E-state index is 10.5. The predicted molar refractivity (Wildman–Crippen MR) is 39.1 cm³/mol. The maximum Gasteiger partial charge on any atom is 0.253 e. The summed E-state index contributed by atoms with van der Waals surface area (Å²) in [6.45, 7) is 0. The monoisotopic (exact) mass is 142 g/mol. The number of amidine groups is 1. The van der Waals surface area contributed by atoms with Crippen molar-refractivity contribution in [1.29, 1.82) is 0 Å². The fraction of sp³-hybridized carbons (Fsp3) is 0.400. The van der Waals surface area contributed by atoms with Crippen LogP contribution in [0.3, 0.4) is 0 Å². The Morgan fingerprint density at radius 2 is 2.56 bits per heavy atom. The lowest BCUT2D eigenvalue weighted by molar-refractivity contribution is -0.116. The fourth-order valence-electron chi connectivity index (χ4n) is 0.481. The van der Waals surface area contributed by atoms with E-state index in [1.54, 1.807) is 6.21 Å². The number of carbonyl (C=O) groups excluding carboxylic acids is 1. The van der Waals surface area contributed by atoms with E-state index in [0.29, 0.717) is 11.6 Å². The first kappa shape index (κ1) is 6.48. The minimum absolute atomic E-state index is 0.102. The molecular weight excluding hydrogens is 136 g/mol. The summed E-state index contributed by atoms with van der Waals surface area (Å²) in [7, 11) is 0. The Hall–Kier alpha value is -0.640. The molecule has 4 heteroatoms. The summed E-state index contributed by atoms with van der Waals surface area (Å²) in [5, 5.41) is 0.561. The maximum atomic E-state index is 10.5. The molecule has 1 aliphatic rings. The Morgan fingerprint density at radius 1 is 1.78 bits per heavy atom. The van der Waals surface area contributed by atoms with Gasteiger partial charge in [0.05, 0.1) is 6.42 Å². The van der Waals surface area contributed by atoms with Gasteiger partial charge in [-0.1, -0.05) is 11.8 Å². The molecule has 0 aromatic carbocycles. The van der Waals surface area contributed by atoms with Gasteiger partial charge in [-0.3, -0.25) is 4.79 Å². The number of thioether (sulfide) groups is 1. The number of hydrogen-bond acceptors (Lipinski definition) is 3. The zero-order chi connectivity index (χ0) is 6.69. The third-order valence-corrected chi connectivity index (χ3v) is 1.43. The highest BCUT2D eigenvalue weighted by molar-refractivity contribution is 8.13. The molecule has 1 amide bonds. The Kier molecular flexibility index (Phi) is 2.00. The highest BCUT2D eigenvalue weighted by atomic mass is 32.2. The second-order valence-corrected chi connectivity index (χ2v) is 2.28. The molecule has 0 N–H and O–H groups in total. The summed E-state index contributed by atoms with van der Waals surface area (Å²) in [5.74, 6) is -0.102. The van der Waals surface area contributed by atoms with Gasteiger partial charge in [-0.2, -0.15) is 4.99 Å². The molecular formula is C5H6N2OS. The second kappa shape index (κ2) is 2.77. The van der Waals surface area contributed by atoms with E-state index in [2.05, 4.69) is 9.98 Å². The van der Waals surface area contributed by atoms with E-state index in [4.69, 9.17) is 0 Å². The van der Waals surface area contributed by atoms with Crippen molar-refractivity contribution in [1.82, 2.24) is 0 Å². The van der Waals surface area contributed by atoms with Crippen LogP contribution in [0.15, 0.2) is 9.98 Å². The molecule has 0 radical (unpaired) electrons. The molecule has 0 unspecified atom stereocenters. The Balaban J connectivity index is 2.70. The van der Waals surface area contributed by atoms with Crippen LogP contribution in [0.25, 0.3) is 0 Å². The molecule has 3 nitrogen and oxygen atoms in total. The van der Waals surface area contributed by atoms with Crippen LogP contribution in [-0.2, 0) is 4.79 Å². The molecule has 0 aliphatic carbocycles. The van der Waals surface area contributed by atoms with Crippen molar-refractivity contribution in [2.45, 2.75) is 6.42 Å². The smallest absolute Gasteiger partial charge is 0.253 e. The third-order valence-electron chi connectivity index (χ3n) is 0.871. The molecule has 48 valence electrons. The van der Waals surface area contributed by atoms with Crippen LogP contribution in [0, 0.1) is 0 Å². The molecule has 0 aromatic rings. The van der Waals surface area contributed by atoms with Crippen molar-refractivity contribution in [3.05, 3.63) is 0 Å². The van der Waals surface area contributed by atoms with E-state index in [0.717, 1.165) is 0 Å². The van der Waals surface area contributed by atoms with Crippen LogP contribution >= 0.6 is 11.8 Å². The van der Waals surface area contributed by atoms with Crippen LogP contribution in [-0.4, -0.2) is 23.5 Å². The van der Waals surface area contributed by atoms with Gasteiger partial charge >= 0.3 is 0 Å². The average Bonchev–Trinajstić information content (AvgIpc) is 1.88. The summed E-state index contributed by atoms with van der Waals surface area (Å²) >= 11 is 1.38. The lowest BCUT2D eigenvalue weighted by Gasteiger charge is -1.98. The van der Waals surface area contributed by atoms with Gasteiger partial charge in [-0.25, -0.2) is 4.99 Å². The van der Waals surface area contributed by atoms with Crippen LogP contribution < -0.4 is 0 Å². The summed E-state index contributed by atoms with van der Waals surface area (Å²) in [6, 6.07) is 0. The van der Waals surface area contributed by atoms with Crippen molar-refractivity contribution < 1.29 is 4.79 Å². The largest absolute Gasteiger partial charge is 0.272 e. The molecule has 0 atom stereocenters. The van der Waals surface area contributed by atoms with Crippen molar-refractivity contribution >= 4 is 29.1 Å². The second-order valence-electron chi connectivity index (χ2n) is 1.51. The van der Waals surface area contributed by atoms with Gasteiger partial charge < -0.3 is 0 Å². The first-order chi connectivity index (χ1) is 4.33. The Labute approximate surface area is 57.3 Å². The molecule has 0 saturated carbocycles. The van der Waals surface area contributed by atoms with Crippen LogP contribution in [0.1, 0.15) is 6.42 Å². The average molecular weight is 142 g/mol. The zero-order valence-corrected chi connectivity index (χ0v) is 5.81. The van der Waals surface area contributed by atoms with Gasteiger partial charge in [0.15, 0.2) is 5.17 Å². The van der Waals surface area contributed by atoms with Crippen molar-refractivity contribution in [2.75, 3.05) is 6.26 Å². The number of rotatable bonds is 0. The van der Waals surface area contributed by atoms with Crippen LogP contribution in [0.5, 0.6) is 0 Å². The van der Waals surface area contributed by atoms with E-state index in [9.17, 15) is 4.79 Å². The SMILES string of the molecule is CSC1=NC(=O)CC=N1. The molecule has 1 heterocycles. The van der Waals surface area contributed by atoms with Gasteiger partial charge in [-0.15, -0.1) is 0 Å². The van der Waals surface area contributed by atoms with Crippen LogP contribution in [0.4, 0.5) is 0 Å². The minimum Gasteiger partial charge on any atom is -0.272 e. The fourth-order valence-corrected chi connectivity index (χ4v) is 0.854. The van der Waals surface area contributed by atoms with E-state index in [1.165, 1.54) is 11.8 Å². The first-order valence-corrected chi connectivity index (χ1v) is 3.73. The normalized spacial score (nSPS) is 17.9. The zero-order valence-electron chi connectivity index (χ0n) is 5.00. The minimum atomic E-state index is -0.102. The number of carbonyl (C=O) groups is 1. The van der Waals surface area contributed by atoms with Gasteiger partial charge in [-0.05, 0) is 6.26 Å². The third kappa shape index (κ3) is 1.64. The summed E-state index contributed by atoms with van der Waals surface area (Å²) in [6.07, 6.45) is 3.78. The molecule has 1 aliphatic heterocycles. The Morgan fingerprint density at radius 3 is 3.00 bits per heavy atom. The number of amides is 1. The van der Waals surface area contributed by atoms with E-state index in [-0.39, 0.29) is 5.91 Å². The number of hydrogen-bond donors (Lipinski definition) is 0. The summed E-state index contributed by atoms with van der Waals surface area (Å²) in [4.78, 5) is 18.0. The van der Waals surface area contributed by atoms with Crippen LogP contribution in [0.2, 0.25) is 0 Å². The highest BCUT2D eigenvalue weighted by Gasteiger charge is 2.04. The van der Waals surface area contributed by atoms with E-state index in [1.807, 2.05) is 6.26 Å². The lowest BCUT2D eigenvalue weighted by atomic mass is 10.4. The predicted octanol–water partition coefficient (Wildman–Crippen LogP) is 0.707. The molecule has 9 heavy (non-hydrogen) atoms.